The predicted octanol–water partition coefficient (Wildman–Crippen LogP) is 3.03. The van der Waals surface area contributed by atoms with Crippen LogP contribution in [-0.2, 0) is 0 Å². The van der Waals surface area contributed by atoms with Crippen LogP contribution in [0.3, 0.4) is 0 Å². The van der Waals surface area contributed by atoms with E-state index in [1.807, 2.05) is 31.4 Å². The van der Waals surface area contributed by atoms with Gasteiger partial charge < -0.3 is 0 Å². The van der Waals surface area contributed by atoms with E-state index in [4.69, 9.17) is 5.26 Å². The summed E-state index contributed by atoms with van der Waals surface area (Å²) in [5.74, 6) is 6.03. The molecule has 17 heavy (non-hydrogen) atoms. The van der Waals surface area contributed by atoms with Gasteiger partial charge in [0.2, 0.25) is 0 Å². The van der Waals surface area contributed by atoms with Crippen LogP contribution in [0.25, 0.3) is 0 Å². The molecule has 0 fully saturated rings. The highest BCUT2D eigenvalue weighted by Crippen LogP contribution is 2.09. The molecule has 0 bridgehead atoms. The quantitative estimate of drug-likeness (QED) is 0.661. The van der Waals surface area contributed by atoms with Crippen molar-refractivity contribution >= 4 is 11.3 Å². The molecule has 2 rings (SSSR count). The zero-order valence-corrected chi connectivity index (χ0v) is 10.4. The lowest BCUT2D eigenvalue weighted by Gasteiger charge is -1.95. The molecule has 1 aromatic carbocycles. The molecule has 82 valence electrons. The van der Waals surface area contributed by atoms with Gasteiger partial charge in [-0.25, -0.2) is 4.98 Å². The molecule has 0 radical (unpaired) electrons. The molecule has 0 unspecified atom stereocenters. The summed E-state index contributed by atoms with van der Waals surface area (Å²) >= 11 is 1.58. The van der Waals surface area contributed by atoms with Crippen LogP contribution < -0.4 is 0 Å². The maximum atomic E-state index is 8.87. The van der Waals surface area contributed by atoms with E-state index in [-0.39, 0.29) is 0 Å². The second kappa shape index (κ2) is 4.82. The molecular formula is C14H10N2S. The van der Waals surface area contributed by atoms with Gasteiger partial charge in [-0.3, -0.25) is 0 Å². The molecule has 0 amide bonds. The summed E-state index contributed by atoms with van der Waals surface area (Å²) < 4.78 is 0. The van der Waals surface area contributed by atoms with Crippen molar-refractivity contribution in [3.8, 4) is 17.9 Å². The van der Waals surface area contributed by atoms with Crippen LogP contribution >= 0.6 is 11.3 Å². The number of hydrogen-bond acceptors (Lipinski definition) is 3. The molecule has 2 nitrogen and oxygen atoms in total. The van der Waals surface area contributed by atoms with Crippen molar-refractivity contribution in [1.82, 2.24) is 4.98 Å². The number of rotatable bonds is 0. The fraction of sp³-hybridized carbons (Fsp3) is 0.143. The van der Waals surface area contributed by atoms with E-state index in [1.165, 1.54) is 0 Å². The first-order chi connectivity index (χ1) is 8.17. The van der Waals surface area contributed by atoms with Crippen LogP contribution in [0, 0.1) is 37.0 Å². The molecule has 3 heteroatoms. The zero-order chi connectivity index (χ0) is 12.3. The average molecular weight is 238 g/mol. The molecule has 1 heterocycles. The summed E-state index contributed by atoms with van der Waals surface area (Å²) in [5, 5.41) is 11.8. The number of nitriles is 1. The van der Waals surface area contributed by atoms with Crippen molar-refractivity contribution in [2.45, 2.75) is 13.8 Å². The average Bonchev–Trinajstić information content (AvgIpc) is 2.72. The highest BCUT2D eigenvalue weighted by Gasteiger charge is 1.96. The molecule has 0 atom stereocenters. The first-order valence-electron chi connectivity index (χ1n) is 5.13. The number of benzene rings is 1. The number of nitrogens with zero attached hydrogens (tertiary/aromatic N) is 2. The largest absolute Gasteiger partial charge is 0.233 e. The lowest BCUT2D eigenvalue weighted by atomic mass is 10.1. The number of aromatic nitrogens is 1. The summed E-state index contributed by atoms with van der Waals surface area (Å²) in [6, 6.07) is 7.73. The van der Waals surface area contributed by atoms with Crippen LogP contribution in [0.1, 0.15) is 27.4 Å². The van der Waals surface area contributed by atoms with Gasteiger partial charge in [0, 0.05) is 10.9 Å². The van der Waals surface area contributed by atoms with E-state index in [0.717, 1.165) is 21.8 Å². The van der Waals surface area contributed by atoms with Crippen LogP contribution in [0.5, 0.6) is 0 Å². The van der Waals surface area contributed by atoms with Gasteiger partial charge in [0.15, 0.2) is 0 Å². The van der Waals surface area contributed by atoms with Crippen molar-refractivity contribution in [2.75, 3.05) is 0 Å². The van der Waals surface area contributed by atoms with Crippen LogP contribution in [0.2, 0.25) is 0 Å². The Hall–Kier alpha value is -2.10. The van der Waals surface area contributed by atoms with E-state index in [1.54, 1.807) is 17.4 Å². The summed E-state index contributed by atoms with van der Waals surface area (Å²) in [5.41, 5.74) is 3.33. The van der Waals surface area contributed by atoms with Crippen LogP contribution in [-0.4, -0.2) is 4.98 Å². The van der Waals surface area contributed by atoms with Gasteiger partial charge in [0.1, 0.15) is 5.69 Å². The Morgan fingerprint density at radius 3 is 2.53 bits per heavy atom. The van der Waals surface area contributed by atoms with Gasteiger partial charge in [0.25, 0.3) is 0 Å². The van der Waals surface area contributed by atoms with Crippen molar-refractivity contribution in [1.29, 1.82) is 5.26 Å². The van der Waals surface area contributed by atoms with Gasteiger partial charge in [-0.05, 0) is 43.5 Å². The van der Waals surface area contributed by atoms with Gasteiger partial charge in [-0.2, -0.15) is 5.26 Å². The van der Waals surface area contributed by atoms with Crippen molar-refractivity contribution in [2.24, 2.45) is 0 Å². The minimum Gasteiger partial charge on any atom is -0.233 e. The van der Waals surface area contributed by atoms with E-state index in [2.05, 4.69) is 22.9 Å². The number of thiazole rings is 1. The fourth-order valence-electron chi connectivity index (χ4n) is 1.48. The maximum Gasteiger partial charge on any atom is 0.124 e. The molecule has 0 N–H and O–H groups in total. The minimum absolute atomic E-state index is 0.642. The zero-order valence-electron chi connectivity index (χ0n) is 9.61. The summed E-state index contributed by atoms with van der Waals surface area (Å²) in [4.78, 5) is 4.27. The third-order valence-electron chi connectivity index (χ3n) is 2.16. The highest BCUT2D eigenvalue weighted by molar-refractivity contribution is 7.09. The van der Waals surface area contributed by atoms with Crippen LogP contribution in [0.15, 0.2) is 23.6 Å². The molecule has 0 aliphatic heterocycles. The van der Waals surface area contributed by atoms with E-state index in [0.29, 0.717) is 5.56 Å². The van der Waals surface area contributed by atoms with Crippen molar-refractivity contribution in [3.05, 3.63) is 51.0 Å². The molecule has 0 aliphatic carbocycles. The van der Waals surface area contributed by atoms with Gasteiger partial charge >= 0.3 is 0 Å². The normalized spacial score (nSPS) is 9.24. The van der Waals surface area contributed by atoms with Gasteiger partial charge in [0.05, 0.1) is 16.6 Å². The molecule has 2 aromatic rings. The third kappa shape index (κ3) is 2.93. The van der Waals surface area contributed by atoms with Gasteiger partial charge in [-0.15, -0.1) is 11.3 Å². The smallest absolute Gasteiger partial charge is 0.124 e. The fourth-order valence-corrected chi connectivity index (χ4v) is 2.02. The van der Waals surface area contributed by atoms with Crippen molar-refractivity contribution < 1.29 is 0 Å². The molecule has 0 spiro atoms. The Labute approximate surface area is 105 Å². The minimum atomic E-state index is 0.642. The topological polar surface area (TPSA) is 36.7 Å². The second-order valence-corrected chi connectivity index (χ2v) is 4.76. The lowest BCUT2D eigenvalue weighted by Crippen LogP contribution is -1.82. The van der Waals surface area contributed by atoms with Crippen molar-refractivity contribution in [3.63, 3.8) is 0 Å². The molecule has 0 aliphatic rings. The van der Waals surface area contributed by atoms with E-state index < -0.39 is 0 Å². The van der Waals surface area contributed by atoms with Crippen LogP contribution in [0.4, 0.5) is 0 Å². The first-order valence-corrected chi connectivity index (χ1v) is 6.01. The monoisotopic (exact) mass is 238 g/mol. The summed E-state index contributed by atoms with van der Waals surface area (Å²) in [6.45, 7) is 3.91. The Bertz CT molecular complexity index is 651. The highest BCUT2D eigenvalue weighted by atomic mass is 32.1. The third-order valence-corrected chi connectivity index (χ3v) is 2.93. The number of hydrogen-bond donors (Lipinski definition) is 0. The Kier molecular flexibility index (Phi) is 3.23. The first kappa shape index (κ1) is 11.4. The molecular weight excluding hydrogens is 228 g/mol. The lowest BCUT2D eigenvalue weighted by molar-refractivity contribution is 1.27. The molecule has 0 saturated heterocycles. The van der Waals surface area contributed by atoms with E-state index >= 15 is 0 Å². The van der Waals surface area contributed by atoms with E-state index in [9.17, 15) is 0 Å². The Morgan fingerprint density at radius 1 is 1.12 bits per heavy atom. The Morgan fingerprint density at radius 2 is 1.88 bits per heavy atom. The molecule has 0 saturated carbocycles. The van der Waals surface area contributed by atoms with Gasteiger partial charge in [-0.1, -0.05) is 5.92 Å². The SMILES string of the molecule is Cc1cc(C#N)cc(C#Cc2csc(C)n2)c1. The second-order valence-electron chi connectivity index (χ2n) is 3.70. The molecule has 1 aromatic heterocycles. The summed E-state index contributed by atoms with van der Waals surface area (Å²) in [7, 11) is 0. The summed E-state index contributed by atoms with van der Waals surface area (Å²) in [6.07, 6.45) is 0. The number of aryl methyl sites for hydroxylation is 2. The maximum absolute atomic E-state index is 8.87. The predicted molar refractivity (Wildman–Crippen MR) is 68.7 cm³/mol. The Balaban J connectivity index is 2.34. The standard InChI is InChI=1S/C14H10N2S/c1-10-5-12(7-13(6-10)8-15)3-4-14-9-17-11(2)16-14/h5-7,9H,1-2H3.